The molecule has 0 saturated carbocycles. The summed E-state index contributed by atoms with van der Waals surface area (Å²) in [5.74, 6) is -2.42. The Morgan fingerprint density at radius 2 is 0.944 bits per heavy atom. The molecule has 0 aliphatic rings. The van der Waals surface area contributed by atoms with Gasteiger partial charge in [0.2, 0.25) is 0 Å². The molecule has 0 spiro atoms. The van der Waals surface area contributed by atoms with Gasteiger partial charge in [0.05, 0.1) is 0 Å². The minimum Gasteiger partial charge on any atom is 0 e. The molecule has 0 heterocycles. The van der Waals surface area contributed by atoms with E-state index >= 15 is 0 Å². The number of carbonyl (C=O) groups excluding carboxylic acids is 2. The number of carboxylic acid groups (broad SMARTS) is 2. The van der Waals surface area contributed by atoms with Crippen molar-refractivity contribution >= 4 is 49.0 Å². The maximum atomic E-state index is 10.1. The number of rotatable bonds is 2. The summed E-state index contributed by atoms with van der Waals surface area (Å²) in [6.45, 7) is 4.74. The molecule has 0 saturated heterocycles. The Bertz CT molecular complexity index is 234. The largest absolute Gasteiger partial charge is 0 e. The van der Waals surface area contributed by atoms with Gasteiger partial charge < -0.3 is 10.2 Å². The minimum absolute atomic E-state index is 0. The van der Waals surface area contributed by atoms with Crippen LogP contribution in [0.1, 0.15) is 27.7 Å². The van der Waals surface area contributed by atoms with Gasteiger partial charge in [-0.05, 0) is 0 Å². The first kappa shape index (κ1) is 26.0. The number of hydrogen-bond donors (Lipinski definition) is 2. The third-order valence-corrected chi connectivity index (χ3v) is 3.25. The van der Waals surface area contributed by atoms with Crippen LogP contribution in [0, 0.1) is 0 Å². The van der Waals surface area contributed by atoms with E-state index in [0.29, 0.717) is 0 Å². The van der Waals surface area contributed by atoms with Crippen LogP contribution in [0.15, 0.2) is 0 Å². The van der Waals surface area contributed by atoms with Gasteiger partial charge in [-0.25, -0.2) is 0 Å². The third-order valence-electron chi connectivity index (χ3n) is 0.371. The van der Waals surface area contributed by atoms with Crippen LogP contribution in [-0.4, -0.2) is 59.2 Å². The molecule has 109 valence electrons. The first-order valence-electron chi connectivity index (χ1n) is 4.08. The van der Waals surface area contributed by atoms with Gasteiger partial charge in [-0.15, -0.1) is 0 Å². The standard InChI is InChI=1S/4C2H4O2.Cu.Pb/c4*1-2(3)4;;/h4*1H3,(H,3,4);;/q;;;;;+2/p-2. The molecule has 0 aliphatic carbocycles. The monoisotopic (exact) mass is 509 g/mol. The summed E-state index contributed by atoms with van der Waals surface area (Å²) in [4.78, 5) is 38.1. The molecule has 0 fully saturated rings. The van der Waals surface area contributed by atoms with E-state index in [2.05, 4.69) is 5.37 Å². The van der Waals surface area contributed by atoms with Gasteiger partial charge in [0, 0.05) is 30.9 Å². The summed E-state index contributed by atoms with van der Waals surface area (Å²) in [5, 5.41) is 14.8. The molecular weight excluding hydrogens is 495 g/mol. The van der Waals surface area contributed by atoms with Crippen molar-refractivity contribution in [2.45, 2.75) is 27.7 Å². The SMILES string of the molecule is CC(=O)O.CC(=O)O.CC(=O)[O][Pb][O]C(C)=O.[Cu]. The molecule has 0 unspecified atom stereocenters. The molecule has 0 aliphatic heterocycles. The van der Waals surface area contributed by atoms with Crippen LogP contribution < -0.4 is 0 Å². The molecule has 0 rings (SSSR count). The van der Waals surface area contributed by atoms with Gasteiger partial charge >= 0.3 is 65.9 Å². The molecule has 18 heavy (non-hydrogen) atoms. The van der Waals surface area contributed by atoms with E-state index in [1.807, 2.05) is 0 Å². The third kappa shape index (κ3) is 111. The average molecular weight is 509 g/mol. The fourth-order valence-corrected chi connectivity index (χ4v) is 1.21. The van der Waals surface area contributed by atoms with Crippen molar-refractivity contribution in [1.82, 2.24) is 0 Å². The van der Waals surface area contributed by atoms with Crippen molar-refractivity contribution in [3.63, 3.8) is 0 Å². The Labute approximate surface area is 128 Å². The molecule has 0 aromatic rings. The van der Waals surface area contributed by atoms with Crippen molar-refractivity contribution in [3.05, 3.63) is 0 Å². The molecule has 0 amide bonds. The summed E-state index contributed by atoms with van der Waals surface area (Å²) < 4.78 is 8.93. The van der Waals surface area contributed by atoms with Crippen LogP contribution in [0.4, 0.5) is 0 Å². The number of carbonyl (C=O) groups is 4. The summed E-state index contributed by atoms with van der Waals surface area (Å²) in [5.41, 5.74) is 0. The summed E-state index contributed by atoms with van der Waals surface area (Å²) in [6, 6.07) is 0. The summed E-state index contributed by atoms with van der Waals surface area (Å²) in [6.07, 6.45) is 0. The molecule has 8 nitrogen and oxygen atoms in total. The fourth-order valence-electron chi connectivity index (χ4n) is 0.138. The van der Waals surface area contributed by atoms with Crippen molar-refractivity contribution in [1.29, 1.82) is 0 Å². The topological polar surface area (TPSA) is 127 Å². The van der Waals surface area contributed by atoms with E-state index in [0.717, 1.165) is 13.8 Å². The Morgan fingerprint density at radius 1 is 0.778 bits per heavy atom. The second-order valence-electron chi connectivity index (χ2n) is 2.31. The molecule has 0 atom stereocenters. The number of hydrogen-bond acceptors (Lipinski definition) is 6. The zero-order valence-electron chi connectivity index (χ0n) is 10.1. The summed E-state index contributed by atoms with van der Waals surface area (Å²) in [7, 11) is 0. The van der Waals surface area contributed by atoms with Crippen molar-refractivity contribution < 1.29 is 51.8 Å². The maximum Gasteiger partial charge on any atom is 0 e. The zero-order chi connectivity index (χ0) is 14.4. The Kier molecular flexibility index (Phi) is 27.0. The van der Waals surface area contributed by atoms with Gasteiger partial charge in [0.15, 0.2) is 0 Å². The zero-order valence-corrected chi connectivity index (χ0v) is 15.0. The van der Waals surface area contributed by atoms with Crippen molar-refractivity contribution in [2.75, 3.05) is 0 Å². The predicted octanol–water partition coefficient (Wildman–Crippen LogP) is -0.174. The fraction of sp³-hybridized carbons (Fsp3) is 0.500. The molecule has 10 heteroatoms. The quantitative estimate of drug-likeness (QED) is 0.492. The smallest absolute Gasteiger partial charge is 0 e. The second kappa shape index (κ2) is 18.7. The van der Waals surface area contributed by atoms with Crippen molar-refractivity contribution in [2.24, 2.45) is 0 Å². The van der Waals surface area contributed by atoms with Crippen LogP contribution >= 0.6 is 0 Å². The Hall–Kier alpha value is -0.678. The van der Waals surface area contributed by atoms with Gasteiger partial charge in [-0.3, -0.25) is 9.59 Å². The maximum absolute atomic E-state index is 10.1. The molecule has 3 radical (unpaired) electrons. The molecule has 2 N–H and O–H groups in total. The van der Waals surface area contributed by atoms with Gasteiger partial charge in [-0.1, -0.05) is 0 Å². The van der Waals surface area contributed by atoms with Crippen LogP contribution in [0.25, 0.3) is 0 Å². The van der Waals surface area contributed by atoms with E-state index in [-0.39, 0.29) is 29.0 Å². The second-order valence-corrected chi connectivity index (χ2v) is 4.54. The Balaban J connectivity index is -0.0000000922. The molecule has 0 bridgehead atoms. The van der Waals surface area contributed by atoms with E-state index in [1.54, 1.807) is 0 Å². The van der Waals surface area contributed by atoms with E-state index in [1.165, 1.54) is 13.8 Å². The van der Waals surface area contributed by atoms with Crippen LogP contribution in [0.3, 0.4) is 0 Å². The van der Waals surface area contributed by atoms with Crippen LogP contribution in [0.2, 0.25) is 0 Å². The van der Waals surface area contributed by atoms with Crippen LogP contribution in [0.5, 0.6) is 0 Å². The Morgan fingerprint density at radius 3 is 1.06 bits per heavy atom. The van der Waals surface area contributed by atoms with Gasteiger partial charge in [0.25, 0.3) is 11.9 Å². The first-order valence-corrected chi connectivity index (χ1v) is 7.25. The molecule has 0 aromatic carbocycles. The normalized spacial score (nSPS) is 6.89. The summed E-state index contributed by atoms with van der Waals surface area (Å²) >= 11 is -1.82. The van der Waals surface area contributed by atoms with Gasteiger partial charge in [-0.2, -0.15) is 0 Å². The predicted molar refractivity (Wildman–Crippen MR) is 55.9 cm³/mol. The van der Waals surface area contributed by atoms with E-state index in [9.17, 15) is 9.59 Å². The van der Waals surface area contributed by atoms with E-state index in [4.69, 9.17) is 19.8 Å². The van der Waals surface area contributed by atoms with Crippen LogP contribution in [-0.2, 0) is 41.6 Å². The first-order chi connectivity index (χ1) is 7.59. The minimum atomic E-state index is -1.82. The number of carboxylic acids is 2. The van der Waals surface area contributed by atoms with Crippen molar-refractivity contribution in [3.8, 4) is 0 Å². The van der Waals surface area contributed by atoms with Gasteiger partial charge in [0.1, 0.15) is 0 Å². The number of aliphatic carboxylic acids is 2. The van der Waals surface area contributed by atoms with E-state index < -0.39 is 37.1 Å². The molecular formula is C8H14CuO8Pb. The molecule has 0 aromatic heterocycles. The average Bonchev–Trinajstić information content (AvgIpc) is 1.99.